The van der Waals surface area contributed by atoms with Gasteiger partial charge in [0.1, 0.15) is 23.5 Å². The molecule has 2 aliphatic rings. The van der Waals surface area contributed by atoms with Crippen LogP contribution in [-0.4, -0.2) is 88.0 Å². The summed E-state index contributed by atoms with van der Waals surface area (Å²) in [6.07, 6.45) is 0. The van der Waals surface area contributed by atoms with Crippen LogP contribution in [0, 0.1) is 5.92 Å². The van der Waals surface area contributed by atoms with Crippen molar-refractivity contribution in [1.82, 2.24) is 24.9 Å². The van der Waals surface area contributed by atoms with Crippen molar-refractivity contribution >= 4 is 17.7 Å². The molecule has 4 rings (SSSR count). The molecule has 1 aromatic carbocycles. The number of H-pyrrole nitrogens is 1. The number of nitrogens with zero attached hydrogens (tertiary/aromatic N) is 4. The van der Waals surface area contributed by atoms with Crippen molar-refractivity contribution in [2.45, 2.75) is 32.9 Å². The van der Waals surface area contributed by atoms with E-state index in [2.05, 4.69) is 24.0 Å². The molecule has 0 aliphatic carbocycles. The van der Waals surface area contributed by atoms with Crippen LogP contribution in [-0.2, 0) is 9.59 Å². The van der Waals surface area contributed by atoms with E-state index < -0.39 is 12.1 Å². The number of ether oxygens (including phenoxy) is 1. The fourth-order valence-electron chi connectivity index (χ4n) is 4.39. The first kappa shape index (κ1) is 21.9. The molecule has 2 saturated heterocycles. The van der Waals surface area contributed by atoms with Crippen LogP contribution < -0.4 is 4.74 Å². The number of aromatic amines is 1. The maximum Gasteiger partial charge on any atom is 0.272 e. The van der Waals surface area contributed by atoms with Crippen LogP contribution in [0.2, 0.25) is 0 Å². The monoisotopic (exact) mass is 439 g/mol. The van der Waals surface area contributed by atoms with Crippen LogP contribution in [0.5, 0.6) is 5.75 Å². The SMILES string of the molecule is COc1cccc(-c2cc(C(=O)N3C[C@H]4C(=O)N(CC(C)C)CCN4C(=O)[C@@H]3C)[nH]n2)c1. The zero-order valence-electron chi connectivity index (χ0n) is 18.9. The van der Waals surface area contributed by atoms with E-state index in [1.165, 1.54) is 4.90 Å². The zero-order chi connectivity index (χ0) is 23.0. The smallest absolute Gasteiger partial charge is 0.272 e. The largest absolute Gasteiger partial charge is 0.497 e. The van der Waals surface area contributed by atoms with Gasteiger partial charge in [-0.15, -0.1) is 0 Å². The van der Waals surface area contributed by atoms with Gasteiger partial charge in [0.15, 0.2) is 0 Å². The maximum absolute atomic E-state index is 13.3. The molecule has 9 heteroatoms. The van der Waals surface area contributed by atoms with Crippen molar-refractivity contribution in [1.29, 1.82) is 0 Å². The third kappa shape index (κ3) is 3.94. The summed E-state index contributed by atoms with van der Waals surface area (Å²) >= 11 is 0. The van der Waals surface area contributed by atoms with E-state index in [9.17, 15) is 14.4 Å². The number of amides is 3. The van der Waals surface area contributed by atoms with Crippen molar-refractivity contribution in [3.05, 3.63) is 36.0 Å². The van der Waals surface area contributed by atoms with Crippen molar-refractivity contribution < 1.29 is 19.1 Å². The highest BCUT2D eigenvalue weighted by Crippen LogP contribution is 2.26. The summed E-state index contributed by atoms with van der Waals surface area (Å²) in [6.45, 7) is 7.67. The maximum atomic E-state index is 13.3. The van der Waals surface area contributed by atoms with E-state index in [4.69, 9.17) is 4.74 Å². The fraction of sp³-hybridized carbons (Fsp3) is 0.478. The Hall–Kier alpha value is -3.36. The number of piperazine rings is 2. The number of rotatable bonds is 5. The van der Waals surface area contributed by atoms with Gasteiger partial charge in [-0.1, -0.05) is 26.0 Å². The normalized spacial score (nSPS) is 21.2. The standard InChI is InChI=1S/C23H29N5O4/c1-14(2)12-26-8-9-27-20(23(26)31)13-28(15(3)21(27)29)22(30)19-11-18(24-25-19)16-6-5-7-17(10-16)32-4/h5-7,10-11,14-15,20H,8-9,12-13H2,1-4H3,(H,24,25)/t15-,20-/m0/s1. The average molecular weight is 440 g/mol. The Bertz CT molecular complexity index is 1030. The quantitative estimate of drug-likeness (QED) is 0.763. The van der Waals surface area contributed by atoms with Gasteiger partial charge in [-0.25, -0.2) is 0 Å². The van der Waals surface area contributed by atoms with Gasteiger partial charge in [0.2, 0.25) is 11.8 Å². The molecule has 32 heavy (non-hydrogen) atoms. The molecule has 1 N–H and O–H groups in total. The van der Waals surface area contributed by atoms with Gasteiger partial charge >= 0.3 is 0 Å². The molecular weight excluding hydrogens is 410 g/mol. The van der Waals surface area contributed by atoms with Gasteiger partial charge in [-0.3, -0.25) is 19.5 Å². The number of nitrogens with one attached hydrogen (secondary N) is 1. The highest BCUT2D eigenvalue weighted by atomic mass is 16.5. The van der Waals surface area contributed by atoms with Crippen molar-refractivity contribution in [2.75, 3.05) is 33.3 Å². The third-order valence-electron chi connectivity index (χ3n) is 6.08. The Balaban J connectivity index is 1.55. The minimum atomic E-state index is -0.647. The molecule has 170 valence electrons. The van der Waals surface area contributed by atoms with E-state index in [0.29, 0.717) is 37.0 Å². The summed E-state index contributed by atoms with van der Waals surface area (Å²) in [5.41, 5.74) is 1.68. The molecule has 3 heterocycles. The number of methoxy groups -OCH3 is 1. The van der Waals surface area contributed by atoms with E-state index in [1.807, 2.05) is 24.3 Å². The van der Waals surface area contributed by atoms with Gasteiger partial charge in [-0.05, 0) is 31.0 Å². The average Bonchev–Trinajstić information content (AvgIpc) is 3.28. The molecule has 0 bridgehead atoms. The lowest BCUT2D eigenvalue weighted by atomic mass is 10.0. The summed E-state index contributed by atoms with van der Waals surface area (Å²) in [5.74, 6) is 0.391. The van der Waals surface area contributed by atoms with Crippen molar-refractivity contribution in [3.63, 3.8) is 0 Å². The number of hydrogen-bond acceptors (Lipinski definition) is 5. The molecule has 0 unspecified atom stereocenters. The molecule has 0 radical (unpaired) electrons. The van der Waals surface area contributed by atoms with Crippen molar-refractivity contribution in [3.8, 4) is 17.0 Å². The Morgan fingerprint density at radius 3 is 2.72 bits per heavy atom. The minimum Gasteiger partial charge on any atom is -0.497 e. The summed E-state index contributed by atoms with van der Waals surface area (Å²) < 4.78 is 5.25. The second-order valence-corrected chi connectivity index (χ2v) is 8.76. The first-order valence-corrected chi connectivity index (χ1v) is 10.9. The van der Waals surface area contributed by atoms with Gasteiger partial charge in [-0.2, -0.15) is 5.10 Å². The van der Waals surface area contributed by atoms with Crippen LogP contribution >= 0.6 is 0 Å². The molecule has 0 saturated carbocycles. The molecule has 2 aromatic rings. The number of carbonyl (C=O) groups is 3. The number of fused-ring (bicyclic) bond motifs is 1. The Kier molecular flexibility index (Phi) is 5.90. The molecule has 9 nitrogen and oxygen atoms in total. The van der Waals surface area contributed by atoms with E-state index in [-0.39, 0.29) is 30.0 Å². The molecule has 1 aromatic heterocycles. The fourth-order valence-corrected chi connectivity index (χ4v) is 4.39. The number of carbonyl (C=O) groups excluding carboxylic acids is 3. The van der Waals surface area contributed by atoms with Gasteiger partial charge < -0.3 is 19.4 Å². The lowest BCUT2D eigenvalue weighted by Gasteiger charge is -2.48. The van der Waals surface area contributed by atoms with Gasteiger partial charge in [0.05, 0.1) is 19.3 Å². The summed E-state index contributed by atoms with van der Waals surface area (Å²) in [7, 11) is 1.59. The first-order valence-electron chi connectivity index (χ1n) is 10.9. The van der Waals surface area contributed by atoms with E-state index in [0.717, 1.165) is 5.56 Å². The number of hydrogen-bond donors (Lipinski definition) is 1. The van der Waals surface area contributed by atoms with E-state index in [1.54, 1.807) is 29.9 Å². The Morgan fingerprint density at radius 2 is 2.00 bits per heavy atom. The van der Waals surface area contributed by atoms with Crippen LogP contribution in [0.1, 0.15) is 31.3 Å². The second-order valence-electron chi connectivity index (χ2n) is 8.76. The predicted octanol–water partition coefficient (Wildman–Crippen LogP) is 1.62. The van der Waals surface area contributed by atoms with Crippen LogP contribution in [0.4, 0.5) is 0 Å². The Morgan fingerprint density at radius 1 is 1.22 bits per heavy atom. The van der Waals surface area contributed by atoms with Crippen LogP contribution in [0.25, 0.3) is 11.3 Å². The topological polar surface area (TPSA) is 98.8 Å². The first-order chi connectivity index (χ1) is 15.3. The molecular formula is C23H29N5O4. The minimum absolute atomic E-state index is 0.0929. The molecule has 0 spiro atoms. The summed E-state index contributed by atoms with van der Waals surface area (Å²) in [6, 6.07) is 7.76. The number of aromatic nitrogens is 2. The van der Waals surface area contributed by atoms with Crippen molar-refractivity contribution in [2.24, 2.45) is 5.92 Å². The summed E-state index contributed by atoms with van der Waals surface area (Å²) in [4.78, 5) is 44.3. The Labute approximate surface area is 187 Å². The lowest BCUT2D eigenvalue weighted by molar-refractivity contribution is -0.160. The highest BCUT2D eigenvalue weighted by Gasteiger charge is 2.47. The lowest BCUT2D eigenvalue weighted by Crippen LogP contribution is -2.70. The molecule has 2 aliphatic heterocycles. The molecule has 3 amide bonds. The molecule has 2 atom stereocenters. The third-order valence-corrected chi connectivity index (χ3v) is 6.08. The van der Waals surface area contributed by atoms with Crippen LogP contribution in [0.3, 0.4) is 0 Å². The van der Waals surface area contributed by atoms with Crippen LogP contribution in [0.15, 0.2) is 30.3 Å². The molecule has 2 fully saturated rings. The second kappa shape index (κ2) is 8.64. The predicted molar refractivity (Wildman–Crippen MR) is 118 cm³/mol. The van der Waals surface area contributed by atoms with Gasteiger partial charge in [0.25, 0.3) is 5.91 Å². The van der Waals surface area contributed by atoms with E-state index >= 15 is 0 Å². The highest BCUT2D eigenvalue weighted by molar-refractivity contribution is 6.00. The summed E-state index contributed by atoms with van der Waals surface area (Å²) in [5, 5.41) is 7.05. The van der Waals surface area contributed by atoms with Gasteiger partial charge in [0, 0.05) is 25.2 Å². The zero-order valence-corrected chi connectivity index (χ0v) is 18.9. The number of benzene rings is 1.